The van der Waals surface area contributed by atoms with Crippen molar-refractivity contribution in [2.45, 2.75) is 125 Å². The number of para-hydroxylation sites is 6. The van der Waals surface area contributed by atoms with Crippen LogP contribution in [0.1, 0.15) is 123 Å². The van der Waals surface area contributed by atoms with Crippen LogP contribution in [0, 0.1) is 12.3 Å². The summed E-state index contributed by atoms with van der Waals surface area (Å²) in [5.74, 6) is 1.30. The summed E-state index contributed by atoms with van der Waals surface area (Å²) in [6.45, 7) is 10.5. The number of hydrogen-bond donors (Lipinski definition) is 4. The number of ether oxygens (including phenoxy) is 6. The van der Waals surface area contributed by atoms with Gasteiger partial charge in [-0.25, -0.2) is 9.59 Å². The number of carbonyl (C=O) groups is 4. The lowest BCUT2D eigenvalue weighted by atomic mass is 9.91. The van der Waals surface area contributed by atoms with E-state index in [-0.39, 0.29) is 51.5 Å². The number of unbranched alkanes of at least 4 members (excludes halogenated alkanes) is 8. The highest BCUT2D eigenvalue weighted by molar-refractivity contribution is 5.93. The fourth-order valence-corrected chi connectivity index (χ4v) is 6.92. The van der Waals surface area contributed by atoms with E-state index < -0.39 is 17.6 Å². The van der Waals surface area contributed by atoms with Gasteiger partial charge in [-0.15, -0.1) is 0 Å². The van der Waals surface area contributed by atoms with Crippen LogP contribution in [-0.4, -0.2) is 63.6 Å². The van der Waals surface area contributed by atoms with Crippen molar-refractivity contribution in [3.8, 4) is 23.0 Å². The van der Waals surface area contributed by atoms with E-state index in [9.17, 15) is 19.2 Å². The van der Waals surface area contributed by atoms with Gasteiger partial charge in [0.25, 0.3) is 0 Å². The van der Waals surface area contributed by atoms with Crippen LogP contribution < -0.4 is 40.2 Å². The molecule has 0 aliphatic carbocycles. The minimum Gasteiger partial charge on any atom is -0.490 e. The molecule has 4 amide bonds. The van der Waals surface area contributed by atoms with Crippen molar-refractivity contribution in [1.82, 2.24) is 0 Å². The standard InChI is InChI=1S/C54H74N4O10/c1-6-10-14-16-31-50(59)55-42-24-17-20-27-46(42)65-37-54(38-66-47-28-21-18-25-43(47)57-52(61)63-34-13-9-4,39-67-48-29-22-19-26-44(48)58-53(62)64-35-23-12-8-3)40-68-49-33-32-41(5)36-45(49)56-51(60)30-15-11-7-2/h17-22,24-29,32-33,36H,6-16,23,30-31,34-35,37-40H2,1-5H3,(H,55,59)(H,56,60)(H,57,61)(H,58,62). The Morgan fingerprint density at radius 1 is 0.426 bits per heavy atom. The van der Waals surface area contributed by atoms with Gasteiger partial charge in [0.2, 0.25) is 11.8 Å². The summed E-state index contributed by atoms with van der Waals surface area (Å²) in [4.78, 5) is 52.1. The zero-order valence-electron chi connectivity index (χ0n) is 40.9. The molecule has 0 spiro atoms. The molecule has 14 nitrogen and oxygen atoms in total. The van der Waals surface area contributed by atoms with E-state index in [1.807, 2.05) is 44.2 Å². The Balaban J connectivity index is 1.75. The lowest BCUT2D eigenvalue weighted by molar-refractivity contribution is -0.117. The summed E-state index contributed by atoms with van der Waals surface area (Å²) < 4.78 is 37.5. The monoisotopic (exact) mass is 939 g/mol. The van der Waals surface area contributed by atoms with E-state index >= 15 is 0 Å². The molecule has 4 aromatic rings. The van der Waals surface area contributed by atoms with Gasteiger partial charge in [-0.2, -0.15) is 0 Å². The molecule has 0 heterocycles. The molecule has 4 rings (SSSR count). The van der Waals surface area contributed by atoms with Gasteiger partial charge in [0, 0.05) is 12.8 Å². The first kappa shape index (κ1) is 54.2. The summed E-state index contributed by atoms with van der Waals surface area (Å²) in [6, 6.07) is 26.8. The Morgan fingerprint density at radius 2 is 0.809 bits per heavy atom. The number of rotatable bonds is 32. The smallest absolute Gasteiger partial charge is 0.411 e. The maximum absolute atomic E-state index is 13.2. The van der Waals surface area contributed by atoms with Crippen molar-refractivity contribution in [1.29, 1.82) is 0 Å². The van der Waals surface area contributed by atoms with Gasteiger partial charge < -0.3 is 39.1 Å². The molecule has 68 heavy (non-hydrogen) atoms. The highest BCUT2D eigenvalue weighted by Gasteiger charge is 2.37. The highest BCUT2D eigenvalue weighted by Crippen LogP contribution is 2.35. The van der Waals surface area contributed by atoms with E-state index in [0.717, 1.165) is 82.6 Å². The first-order valence-electron chi connectivity index (χ1n) is 24.4. The zero-order chi connectivity index (χ0) is 48.8. The number of carbonyl (C=O) groups excluding carboxylic acids is 4. The maximum atomic E-state index is 13.2. The number of hydrogen-bond acceptors (Lipinski definition) is 10. The number of nitrogens with one attached hydrogen (secondary N) is 4. The molecule has 0 bridgehead atoms. The van der Waals surface area contributed by atoms with E-state index in [1.165, 1.54) is 0 Å². The second-order valence-corrected chi connectivity index (χ2v) is 17.1. The third-order valence-electron chi connectivity index (χ3n) is 10.9. The minimum atomic E-state index is -1.19. The molecule has 0 radical (unpaired) electrons. The van der Waals surface area contributed by atoms with Crippen molar-refractivity contribution in [2.75, 3.05) is 60.9 Å². The van der Waals surface area contributed by atoms with Crippen LogP contribution in [0.4, 0.5) is 32.3 Å². The Bertz CT molecular complexity index is 2070. The fraction of sp³-hybridized carbons (Fsp3) is 0.481. The SMILES string of the molecule is CCCCCCC(=O)Nc1ccccc1OCC(COc1ccc(C)cc1NC(=O)CCCCC)(COc1ccccc1NC(=O)OCCCC)COc1ccccc1NC(=O)OCCCCC. The van der Waals surface area contributed by atoms with Gasteiger partial charge in [0.15, 0.2) is 0 Å². The summed E-state index contributed by atoms with van der Waals surface area (Å²) >= 11 is 0. The first-order valence-corrected chi connectivity index (χ1v) is 24.4. The predicted octanol–water partition coefficient (Wildman–Crippen LogP) is 13.1. The topological polar surface area (TPSA) is 172 Å². The average Bonchev–Trinajstić information content (AvgIpc) is 3.33. The van der Waals surface area contributed by atoms with Crippen molar-refractivity contribution in [2.24, 2.45) is 5.41 Å². The van der Waals surface area contributed by atoms with Crippen LogP contribution in [-0.2, 0) is 19.1 Å². The van der Waals surface area contributed by atoms with E-state index in [0.29, 0.717) is 58.6 Å². The number of amides is 4. The van der Waals surface area contributed by atoms with Gasteiger partial charge in [-0.05, 0) is 86.7 Å². The summed E-state index contributed by atoms with van der Waals surface area (Å²) in [7, 11) is 0. The third kappa shape index (κ3) is 19.8. The van der Waals surface area contributed by atoms with Crippen molar-refractivity contribution in [3.63, 3.8) is 0 Å². The molecule has 14 heteroatoms. The molecule has 1 atom stereocenters. The number of benzene rings is 4. The zero-order valence-corrected chi connectivity index (χ0v) is 40.9. The third-order valence-corrected chi connectivity index (χ3v) is 10.9. The predicted molar refractivity (Wildman–Crippen MR) is 269 cm³/mol. The van der Waals surface area contributed by atoms with E-state index in [1.54, 1.807) is 60.7 Å². The molecule has 0 fully saturated rings. The molecule has 0 aromatic heterocycles. The molecule has 4 aromatic carbocycles. The number of anilines is 4. The molecule has 0 aliphatic rings. The lowest BCUT2D eigenvalue weighted by Crippen LogP contribution is -2.45. The van der Waals surface area contributed by atoms with Crippen LogP contribution in [0.2, 0.25) is 0 Å². The van der Waals surface area contributed by atoms with Crippen LogP contribution in [0.5, 0.6) is 23.0 Å². The molecule has 0 saturated heterocycles. The largest absolute Gasteiger partial charge is 0.490 e. The van der Waals surface area contributed by atoms with Crippen LogP contribution >= 0.6 is 0 Å². The molecule has 370 valence electrons. The minimum absolute atomic E-state index is 0.0787. The molecule has 4 N–H and O–H groups in total. The van der Waals surface area contributed by atoms with Crippen molar-refractivity contribution < 1.29 is 47.6 Å². The van der Waals surface area contributed by atoms with Gasteiger partial charge in [0.1, 0.15) is 54.8 Å². The Morgan fingerprint density at radius 3 is 1.29 bits per heavy atom. The molecular formula is C54H74N4O10. The number of aryl methyl sites for hydroxylation is 1. The molecular weight excluding hydrogens is 865 g/mol. The second kappa shape index (κ2) is 30.8. The average molecular weight is 939 g/mol. The first-order chi connectivity index (χ1) is 33.1. The van der Waals surface area contributed by atoms with E-state index in [4.69, 9.17) is 28.4 Å². The van der Waals surface area contributed by atoms with Crippen molar-refractivity contribution in [3.05, 3.63) is 96.6 Å². The summed E-state index contributed by atoms with van der Waals surface area (Å²) in [6.07, 6.45) is 10.4. The normalized spacial score (nSPS) is 11.7. The van der Waals surface area contributed by atoms with Crippen molar-refractivity contribution >= 4 is 46.8 Å². The van der Waals surface area contributed by atoms with Gasteiger partial charge in [-0.3, -0.25) is 20.2 Å². The highest BCUT2D eigenvalue weighted by atomic mass is 16.6. The molecule has 0 aliphatic heterocycles. The lowest BCUT2D eigenvalue weighted by Gasteiger charge is -2.34. The Hall–Kier alpha value is -6.44. The van der Waals surface area contributed by atoms with Crippen LogP contribution in [0.3, 0.4) is 0 Å². The van der Waals surface area contributed by atoms with E-state index in [2.05, 4.69) is 42.0 Å². The Kier molecular flexibility index (Phi) is 24.5. The molecule has 1 unspecified atom stereocenters. The summed E-state index contributed by atoms with van der Waals surface area (Å²) in [5.41, 5.74) is 1.53. The second-order valence-electron chi connectivity index (χ2n) is 17.1. The van der Waals surface area contributed by atoms with Crippen LogP contribution in [0.25, 0.3) is 0 Å². The quantitative estimate of drug-likeness (QED) is 0.0345. The van der Waals surface area contributed by atoms with Gasteiger partial charge >= 0.3 is 12.2 Å². The van der Waals surface area contributed by atoms with Gasteiger partial charge in [-0.1, -0.05) is 122 Å². The maximum Gasteiger partial charge on any atom is 0.411 e. The summed E-state index contributed by atoms with van der Waals surface area (Å²) in [5, 5.41) is 11.7. The van der Waals surface area contributed by atoms with Crippen LogP contribution in [0.15, 0.2) is 91.0 Å². The Labute approximate surface area is 403 Å². The van der Waals surface area contributed by atoms with Gasteiger partial charge in [0.05, 0.1) is 36.0 Å². The molecule has 0 saturated carbocycles. The fourth-order valence-electron chi connectivity index (χ4n) is 6.92.